The van der Waals surface area contributed by atoms with Gasteiger partial charge >= 0.3 is 0 Å². The van der Waals surface area contributed by atoms with Crippen LogP contribution in [0.5, 0.6) is 0 Å². The van der Waals surface area contributed by atoms with E-state index in [2.05, 4.69) is 10.3 Å². The summed E-state index contributed by atoms with van der Waals surface area (Å²) in [5.74, 6) is -1.46. The van der Waals surface area contributed by atoms with Crippen molar-refractivity contribution in [3.8, 4) is 0 Å². The number of rotatable bonds is 5. The van der Waals surface area contributed by atoms with E-state index in [9.17, 15) is 17.6 Å². The molecule has 0 aliphatic carbocycles. The normalized spacial score (nSPS) is 11.2. The van der Waals surface area contributed by atoms with Crippen LogP contribution in [0.25, 0.3) is 0 Å². The Morgan fingerprint density at radius 1 is 1.53 bits per heavy atom. The van der Waals surface area contributed by atoms with Crippen LogP contribution in [0.2, 0.25) is 0 Å². The van der Waals surface area contributed by atoms with Crippen molar-refractivity contribution in [3.05, 3.63) is 24.1 Å². The zero-order valence-electron chi connectivity index (χ0n) is 9.10. The number of nitrogens with zero attached hydrogens (tertiary/aromatic N) is 1. The fraction of sp³-hybridized carbons (Fsp3) is 0.333. The molecular formula is C9H12FN3O3S. The van der Waals surface area contributed by atoms with Crippen LogP contribution in [-0.4, -0.2) is 32.4 Å². The van der Waals surface area contributed by atoms with Gasteiger partial charge in [-0.1, -0.05) is 0 Å². The molecule has 8 heteroatoms. The van der Waals surface area contributed by atoms with Crippen LogP contribution in [0.15, 0.2) is 23.4 Å². The fourth-order valence-corrected chi connectivity index (χ4v) is 2.04. The van der Waals surface area contributed by atoms with Crippen LogP contribution >= 0.6 is 0 Å². The molecule has 0 spiro atoms. The lowest BCUT2D eigenvalue weighted by molar-refractivity contribution is -0.119. The van der Waals surface area contributed by atoms with Gasteiger partial charge in [0.1, 0.15) is 0 Å². The first-order valence-electron chi connectivity index (χ1n) is 4.84. The third-order valence-corrected chi connectivity index (χ3v) is 3.11. The Morgan fingerprint density at radius 2 is 2.24 bits per heavy atom. The van der Waals surface area contributed by atoms with Crippen molar-refractivity contribution in [1.82, 2.24) is 15.0 Å². The number of hydrogen-bond donors (Lipinski definition) is 2. The maximum Gasteiger partial charge on any atom is 0.261 e. The van der Waals surface area contributed by atoms with Crippen molar-refractivity contribution in [1.29, 1.82) is 0 Å². The maximum atomic E-state index is 13.2. The van der Waals surface area contributed by atoms with Gasteiger partial charge in [0.05, 0.1) is 6.54 Å². The molecule has 0 bridgehead atoms. The number of aromatic nitrogens is 1. The minimum absolute atomic E-state index is 0.387. The van der Waals surface area contributed by atoms with E-state index in [1.54, 1.807) is 6.92 Å². The number of nitrogens with one attached hydrogen (secondary N) is 2. The fourth-order valence-electron chi connectivity index (χ4n) is 1.06. The molecule has 1 amide bonds. The quantitative estimate of drug-likeness (QED) is 0.757. The second-order valence-corrected chi connectivity index (χ2v) is 4.75. The van der Waals surface area contributed by atoms with Crippen molar-refractivity contribution >= 4 is 15.9 Å². The molecular weight excluding hydrogens is 249 g/mol. The summed E-state index contributed by atoms with van der Waals surface area (Å²) in [6.45, 7) is 1.63. The second kappa shape index (κ2) is 5.69. The Kier molecular flexibility index (Phi) is 4.53. The third kappa shape index (κ3) is 3.75. The average Bonchev–Trinajstić information content (AvgIpc) is 2.27. The lowest BCUT2D eigenvalue weighted by Gasteiger charge is -2.06. The molecule has 6 nitrogen and oxygen atoms in total. The number of hydrogen-bond acceptors (Lipinski definition) is 4. The molecule has 0 atom stereocenters. The summed E-state index contributed by atoms with van der Waals surface area (Å²) in [5.41, 5.74) is 0. The predicted molar refractivity (Wildman–Crippen MR) is 58.1 cm³/mol. The van der Waals surface area contributed by atoms with Crippen LogP contribution in [0.3, 0.4) is 0 Å². The topological polar surface area (TPSA) is 88.2 Å². The number of halogens is 1. The molecule has 1 rings (SSSR count). The van der Waals surface area contributed by atoms with Gasteiger partial charge in [0.15, 0.2) is 5.82 Å². The van der Waals surface area contributed by atoms with E-state index >= 15 is 0 Å². The minimum Gasteiger partial charge on any atom is -0.355 e. The monoisotopic (exact) mass is 261 g/mol. The van der Waals surface area contributed by atoms with Crippen molar-refractivity contribution in [2.24, 2.45) is 0 Å². The van der Waals surface area contributed by atoms with Crippen molar-refractivity contribution < 1.29 is 17.6 Å². The zero-order chi connectivity index (χ0) is 12.9. The number of sulfonamides is 1. The van der Waals surface area contributed by atoms with E-state index in [4.69, 9.17) is 0 Å². The van der Waals surface area contributed by atoms with Crippen LogP contribution in [0.4, 0.5) is 4.39 Å². The molecule has 0 aliphatic rings. The molecule has 1 aromatic rings. The van der Waals surface area contributed by atoms with Crippen molar-refractivity contribution in [2.75, 3.05) is 13.1 Å². The average molecular weight is 261 g/mol. The van der Waals surface area contributed by atoms with E-state index < -0.39 is 33.3 Å². The number of amides is 1. The number of carbonyl (C=O) groups is 1. The van der Waals surface area contributed by atoms with Gasteiger partial charge in [-0.25, -0.2) is 22.5 Å². The molecule has 0 saturated heterocycles. The summed E-state index contributed by atoms with van der Waals surface area (Å²) in [7, 11) is -4.10. The lowest BCUT2D eigenvalue weighted by atomic mass is 10.5. The number of likely N-dealkylation sites (N-methyl/N-ethyl adjacent to an activating group) is 1. The molecule has 1 aromatic heterocycles. The molecule has 0 saturated carbocycles. The summed E-state index contributed by atoms with van der Waals surface area (Å²) in [5, 5.41) is 1.69. The van der Waals surface area contributed by atoms with Gasteiger partial charge in [-0.2, -0.15) is 0 Å². The Balaban J connectivity index is 2.77. The summed E-state index contributed by atoms with van der Waals surface area (Å²) in [6, 6.07) is 2.26. The Labute approximate surface area is 98.3 Å². The van der Waals surface area contributed by atoms with Crippen LogP contribution in [0.1, 0.15) is 6.92 Å². The first-order valence-corrected chi connectivity index (χ1v) is 6.32. The summed E-state index contributed by atoms with van der Waals surface area (Å²) < 4.78 is 38.3. The highest BCUT2D eigenvalue weighted by Crippen LogP contribution is 2.08. The summed E-state index contributed by atoms with van der Waals surface area (Å²) in [4.78, 5) is 14.5. The standard InChI is InChI=1S/C9H12FN3O3S/c1-2-11-8(14)6-13-17(15,16)9-7(10)4-3-5-12-9/h3-5,13H,2,6H2,1H3,(H,11,14). The second-order valence-electron chi connectivity index (χ2n) is 3.07. The summed E-state index contributed by atoms with van der Waals surface area (Å²) >= 11 is 0. The molecule has 1 heterocycles. The smallest absolute Gasteiger partial charge is 0.261 e. The summed E-state index contributed by atoms with van der Waals surface area (Å²) in [6.07, 6.45) is 1.16. The molecule has 0 aromatic carbocycles. The van der Waals surface area contributed by atoms with E-state index in [1.165, 1.54) is 6.07 Å². The largest absolute Gasteiger partial charge is 0.355 e. The van der Waals surface area contributed by atoms with Gasteiger partial charge in [0, 0.05) is 12.7 Å². The van der Waals surface area contributed by atoms with Gasteiger partial charge in [-0.3, -0.25) is 4.79 Å². The minimum atomic E-state index is -4.10. The highest BCUT2D eigenvalue weighted by molar-refractivity contribution is 7.89. The molecule has 0 radical (unpaired) electrons. The van der Waals surface area contributed by atoms with Gasteiger partial charge < -0.3 is 5.32 Å². The maximum absolute atomic E-state index is 13.2. The molecule has 17 heavy (non-hydrogen) atoms. The van der Waals surface area contributed by atoms with Gasteiger partial charge in [0.25, 0.3) is 10.0 Å². The number of pyridine rings is 1. The van der Waals surface area contributed by atoms with E-state index in [-0.39, 0.29) is 0 Å². The molecule has 0 aliphatic heterocycles. The van der Waals surface area contributed by atoms with E-state index in [0.717, 1.165) is 12.3 Å². The molecule has 0 fully saturated rings. The highest BCUT2D eigenvalue weighted by atomic mass is 32.2. The molecule has 0 unspecified atom stereocenters. The van der Waals surface area contributed by atoms with Gasteiger partial charge in [-0.15, -0.1) is 0 Å². The molecule has 94 valence electrons. The highest BCUT2D eigenvalue weighted by Gasteiger charge is 2.20. The SMILES string of the molecule is CCNC(=O)CNS(=O)(=O)c1ncccc1F. The van der Waals surface area contributed by atoms with E-state index in [0.29, 0.717) is 6.54 Å². The Morgan fingerprint density at radius 3 is 2.82 bits per heavy atom. The van der Waals surface area contributed by atoms with Crippen LogP contribution in [-0.2, 0) is 14.8 Å². The zero-order valence-corrected chi connectivity index (χ0v) is 9.92. The first-order chi connectivity index (χ1) is 7.97. The van der Waals surface area contributed by atoms with Crippen molar-refractivity contribution in [3.63, 3.8) is 0 Å². The first kappa shape index (κ1) is 13.5. The van der Waals surface area contributed by atoms with Crippen molar-refractivity contribution in [2.45, 2.75) is 11.9 Å². The predicted octanol–water partition coefficient (Wildman–Crippen LogP) is -0.365. The number of carbonyl (C=O) groups excluding carboxylic acids is 1. The van der Waals surface area contributed by atoms with Gasteiger partial charge in [0.2, 0.25) is 10.9 Å². The Bertz CT molecular complexity index is 504. The van der Waals surface area contributed by atoms with Crippen LogP contribution < -0.4 is 10.0 Å². The van der Waals surface area contributed by atoms with Crippen LogP contribution in [0, 0.1) is 5.82 Å². The third-order valence-electron chi connectivity index (χ3n) is 1.78. The van der Waals surface area contributed by atoms with E-state index in [1.807, 2.05) is 4.72 Å². The lowest BCUT2D eigenvalue weighted by Crippen LogP contribution is -2.37. The Hall–Kier alpha value is -1.54. The van der Waals surface area contributed by atoms with Gasteiger partial charge in [-0.05, 0) is 19.1 Å². The molecule has 2 N–H and O–H groups in total.